The molecule has 1 aromatic rings. The van der Waals surface area contributed by atoms with Gasteiger partial charge in [-0.1, -0.05) is 31.5 Å². The van der Waals surface area contributed by atoms with Crippen molar-refractivity contribution in [1.82, 2.24) is 4.98 Å². The Morgan fingerprint density at radius 3 is 2.62 bits per heavy atom. The van der Waals surface area contributed by atoms with Gasteiger partial charge in [0.05, 0.1) is 5.92 Å². The van der Waals surface area contributed by atoms with E-state index in [9.17, 15) is 4.79 Å². The third kappa shape index (κ3) is 1.59. The lowest BCUT2D eigenvalue weighted by Gasteiger charge is -2.04. The van der Waals surface area contributed by atoms with Crippen molar-refractivity contribution in [1.29, 1.82) is 0 Å². The van der Waals surface area contributed by atoms with Crippen molar-refractivity contribution < 1.29 is 9.90 Å². The van der Waals surface area contributed by atoms with Gasteiger partial charge in [0.25, 0.3) is 0 Å². The van der Waals surface area contributed by atoms with E-state index < -0.39 is 5.97 Å². The average Bonchev–Trinajstić information content (AvgIpc) is 2.74. The molecule has 1 aliphatic carbocycles. The second-order valence-electron chi connectivity index (χ2n) is 4.99. The van der Waals surface area contributed by atoms with Crippen LogP contribution in [-0.4, -0.2) is 16.1 Å². The predicted octanol–water partition coefficient (Wildman–Crippen LogP) is 2.87. The van der Waals surface area contributed by atoms with Crippen LogP contribution in [0.25, 0.3) is 0 Å². The van der Waals surface area contributed by atoms with Crippen LogP contribution >= 0.6 is 11.6 Å². The number of carbonyl (C=O) groups is 1. The Kier molecular flexibility index (Phi) is 2.46. The van der Waals surface area contributed by atoms with Crippen molar-refractivity contribution in [2.75, 3.05) is 0 Å². The number of aryl methyl sites for hydroxylation is 1. The molecule has 0 aromatic carbocycles. The summed E-state index contributed by atoms with van der Waals surface area (Å²) in [5, 5.41) is 9.58. The van der Waals surface area contributed by atoms with Crippen molar-refractivity contribution in [3.63, 3.8) is 0 Å². The summed E-state index contributed by atoms with van der Waals surface area (Å²) in [7, 11) is 0. The number of aliphatic carboxylic acids is 1. The van der Waals surface area contributed by atoms with Gasteiger partial charge in [-0.3, -0.25) is 4.79 Å². The fourth-order valence-corrected chi connectivity index (χ4v) is 2.57. The van der Waals surface area contributed by atoms with Crippen molar-refractivity contribution in [3.8, 4) is 0 Å². The van der Waals surface area contributed by atoms with Crippen molar-refractivity contribution in [3.05, 3.63) is 28.5 Å². The normalized spacial score (nSPS) is 26.5. The molecule has 1 N–H and O–H groups in total. The molecule has 0 aliphatic heterocycles. The highest BCUT2D eigenvalue weighted by Gasteiger charge is 2.62. The van der Waals surface area contributed by atoms with Crippen LogP contribution in [0.2, 0.25) is 5.15 Å². The number of carboxylic acids is 1. The predicted molar refractivity (Wildman–Crippen MR) is 61.6 cm³/mol. The number of aromatic nitrogens is 1. The Bertz CT molecular complexity index is 456. The zero-order chi connectivity index (χ0) is 12.1. The third-order valence-corrected chi connectivity index (χ3v) is 3.88. The molecular weight excluding hydrogens is 226 g/mol. The van der Waals surface area contributed by atoms with Crippen LogP contribution in [0.5, 0.6) is 0 Å². The maximum absolute atomic E-state index is 11.1. The second-order valence-corrected chi connectivity index (χ2v) is 5.35. The number of carboxylic acid groups (broad SMARTS) is 1. The van der Waals surface area contributed by atoms with Gasteiger partial charge >= 0.3 is 5.97 Å². The Morgan fingerprint density at radius 2 is 2.19 bits per heavy atom. The maximum Gasteiger partial charge on any atom is 0.307 e. The van der Waals surface area contributed by atoms with E-state index in [1.165, 1.54) is 0 Å². The molecule has 0 amide bonds. The van der Waals surface area contributed by atoms with E-state index in [0.717, 1.165) is 11.1 Å². The minimum atomic E-state index is -0.734. The molecule has 0 bridgehead atoms. The van der Waals surface area contributed by atoms with E-state index in [1.807, 2.05) is 26.8 Å². The first-order valence-electron chi connectivity index (χ1n) is 5.20. The summed E-state index contributed by atoms with van der Waals surface area (Å²) in [5.74, 6) is -0.994. The number of halogens is 1. The summed E-state index contributed by atoms with van der Waals surface area (Å²) < 4.78 is 0. The summed E-state index contributed by atoms with van der Waals surface area (Å²) in [4.78, 5) is 15.1. The highest BCUT2D eigenvalue weighted by molar-refractivity contribution is 6.30. The van der Waals surface area contributed by atoms with E-state index in [0.29, 0.717) is 5.15 Å². The van der Waals surface area contributed by atoms with Crippen LogP contribution in [0.4, 0.5) is 0 Å². The Hall–Kier alpha value is -1.09. The van der Waals surface area contributed by atoms with Gasteiger partial charge in [0.1, 0.15) is 5.15 Å². The number of nitrogens with zero attached hydrogens (tertiary/aromatic N) is 1. The topological polar surface area (TPSA) is 50.2 Å². The standard InChI is InChI=1S/C12H14ClNO2/c1-6-4-7(5-14-10(6)13)8-9(11(15)16)12(8,2)3/h4-5,8-9H,1-3H3,(H,15,16)/t8-,9+/m0/s1. The van der Waals surface area contributed by atoms with E-state index in [4.69, 9.17) is 16.7 Å². The number of hydrogen-bond acceptors (Lipinski definition) is 2. The molecular formula is C12H14ClNO2. The van der Waals surface area contributed by atoms with E-state index in [2.05, 4.69) is 4.98 Å². The molecule has 0 spiro atoms. The van der Waals surface area contributed by atoms with Gasteiger partial charge in [-0.25, -0.2) is 4.98 Å². The van der Waals surface area contributed by atoms with E-state index in [1.54, 1.807) is 6.20 Å². The first kappa shape index (κ1) is 11.4. The van der Waals surface area contributed by atoms with Crippen LogP contribution in [0.3, 0.4) is 0 Å². The molecule has 0 saturated heterocycles. The van der Waals surface area contributed by atoms with Crippen LogP contribution in [0, 0.1) is 18.3 Å². The number of pyridine rings is 1. The molecule has 0 radical (unpaired) electrons. The maximum atomic E-state index is 11.1. The number of hydrogen-bond donors (Lipinski definition) is 1. The van der Waals surface area contributed by atoms with E-state index in [-0.39, 0.29) is 17.3 Å². The molecule has 16 heavy (non-hydrogen) atoms. The van der Waals surface area contributed by atoms with Gasteiger partial charge in [0.2, 0.25) is 0 Å². The molecule has 1 heterocycles. The zero-order valence-electron chi connectivity index (χ0n) is 9.49. The lowest BCUT2D eigenvalue weighted by molar-refractivity contribution is -0.139. The third-order valence-electron chi connectivity index (χ3n) is 3.49. The first-order valence-corrected chi connectivity index (χ1v) is 5.58. The van der Waals surface area contributed by atoms with E-state index >= 15 is 0 Å². The van der Waals surface area contributed by atoms with Gasteiger partial charge in [-0.05, 0) is 23.5 Å². The highest BCUT2D eigenvalue weighted by Crippen LogP contribution is 2.64. The zero-order valence-corrected chi connectivity index (χ0v) is 10.2. The van der Waals surface area contributed by atoms with Crippen molar-refractivity contribution in [2.45, 2.75) is 26.7 Å². The molecule has 1 saturated carbocycles. The Morgan fingerprint density at radius 1 is 1.56 bits per heavy atom. The summed E-state index contributed by atoms with van der Waals surface area (Å²) in [6, 6.07) is 1.94. The molecule has 2 atom stereocenters. The Balaban J connectivity index is 2.33. The molecule has 4 heteroatoms. The molecule has 86 valence electrons. The quantitative estimate of drug-likeness (QED) is 0.808. The monoisotopic (exact) mass is 239 g/mol. The molecule has 1 aliphatic rings. The summed E-state index contributed by atoms with van der Waals surface area (Å²) in [5.41, 5.74) is 1.68. The summed E-state index contributed by atoms with van der Waals surface area (Å²) >= 11 is 5.85. The average molecular weight is 240 g/mol. The SMILES string of the molecule is Cc1cc([C@H]2[C@H](C(=O)O)C2(C)C)cnc1Cl. The lowest BCUT2D eigenvalue weighted by Crippen LogP contribution is -2.03. The van der Waals surface area contributed by atoms with Crippen LogP contribution < -0.4 is 0 Å². The lowest BCUT2D eigenvalue weighted by atomic mass is 10.0. The van der Waals surface area contributed by atoms with Gasteiger partial charge in [0.15, 0.2) is 0 Å². The first-order chi connectivity index (χ1) is 7.35. The molecule has 2 rings (SSSR count). The second kappa shape index (κ2) is 3.45. The van der Waals surface area contributed by atoms with Gasteiger partial charge in [-0.15, -0.1) is 0 Å². The van der Waals surface area contributed by atoms with Gasteiger partial charge in [-0.2, -0.15) is 0 Å². The largest absolute Gasteiger partial charge is 0.481 e. The molecule has 1 fully saturated rings. The minimum Gasteiger partial charge on any atom is -0.481 e. The summed E-state index contributed by atoms with van der Waals surface area (Å²) in [6.07, 6.45) is 1.69. The summed E-state index contributed by atoms with van der Waals surface area (Å²) in [6.45, 7) is 5.82. The van der Waals surface area contributed by atoms with Gasteiger partial charge < -0.3 is 5.11 Å². The Labute approximate surface area is 99.5 Å². The minimum absolute atomic E-state index is 0.0495. The van der Waals surface area contributed by atoms with Crippen LogP contribution in [0.1, 0.15) is 30.9 Å². The van der Waals surface area contributed by atoms with Crippen molar-refractivity contribution >= 4 is 17.6 Å². The van der Waals surface area contributed by atoms with Crippen LogP contribution in [-0.2, 0) is 4.79 Å². The molecule has 3 nitrogen and oxygen atoms in total. The molecule has 0 unspecified atom stereocenters. The number of rotatable bonds is 2. The van der Waals surface area contributed by atoms with Crippen LogP contribution in [0.15, 0.2) is 12.3 Å². The van der Waals surface area contributed by atoms with Gasteiger partial charge in [0, 0.05) is 12.1 Å². The highest BCUT2D eigenvalue weighted by atomic mass is 35.5. The fraction of sp³-hybridized carbons (Fsp3) is 0.500. The fourth-order valence-electron chi connectivity index (χ4n) is 2.47. The smallest absolute Gasteiger partial charge is 0.307 e. The molecule has 1 aromatic heterocycles. The van der Waals surface area contributed by atoms with Crippen molar-refractivity contribution in [2.24, 2.45) is 11.3 Å².